The second kappa shape index (κ2) is 10.6. The van der Waals surface area contributed by atoms with Crippen molar-refractivity contribution in [2.45, 2.75) is 59.1 Å². The third-order valence-electron chi connectivity index (χ3n) is 5.46. The van der Waals surface area contributed by atoms with Crippen LogP contribution in [0.5, 0.6) is 5.75 Å². The van der Waals surface area contributed by atoms with Gasteiger partial charge >= 0.3 is 6.16 Å². The van der Waals surface area contributed by atoms with Crippen LogP contribution >= 0.6 is 15.9 Å². The molecule has 35 heavy (non-hydrogen) atoms. The average molecular weight is 536 g/mol. The van der Waals surface area contributed by atoms with Gasteiger partial charge in [-0.25, -0.2) is 14.8 Å². The molecule has 0 bridgehead atoms. The van der Waals surface area contributed by atoms with Crippen molar-refractivity contribution >= 4 is 33.2 Å². The predicted octanol–water partition coefficient (Wildman–Crippen LogP) is 7.57. The second-order valence-electron chi connectivity index (χ2n) is 9.47. The summed E-state index contributed by atoms with van der Waals surface area (Å²) in [6.07, 6.45) is 4.21. The number of carbonyl (C=O) groups excluding carboxylic acids is 1. The Bertz CT molecular complexity index is 1320. The molecular formula is C28H30BrN3O3. The number of aromatic nitrogens is 3. The molecule has 0 saturated carbocycles. The van der Waals surface area contributed by atoms with Gasteiger partial charge in [-0.2, -0.15) is 0 Å². The summed E-state index contributed by atoms with van der Waals surface area (Å²) in [6.45, 7) is 8.30. The van der Waals surface area contributed by atoms with E-state index in [-0.39, 0.29) is 0 Å². The smallest absolute Gasteiger partial charge is 0.428 e. The van der Waals surface area contributed by atoms with E-state index in [9.17, 15) is 4.79 Å². The first-order valence-corrected chi connectivity index (χ1v) is 12.6. The Morgan fingerprint density at radius 3 is 2.54 bits per heavy atom. The summed E-state index contributed by atoms with van der Waals surface area (Å²) in [7, 11) is 0. The van der Waals surface area contributed by atoms with Gasteiger partial charge in [-0.05, 0) is 66.4 Å². The van der Waals surface area contributed by atoms with Gasteiger partial charge in [-0.1, -0.05) is 55.8 Å². The first-order chi connectivity index (χ1) is 16.7. The number of halogens is 1. The first-order valence-electron chi connectivity index (χ1n) is 11.8. The maximum absolute atomic E-state index is 12.2. The molecule has 0 atom stereocenters. The van der Waals surface area contributed by atoms with Gasteiger partial charge in [0, 0.05) is 22.7 Å². The molecule has 7 heteroatoms. The Labute approximate surface area is 214 Å². The van der Waals surface area contributed by atoms with Crippen molar-refractivity contribution < 1.29 is 14.3 Å². The number of imidazole rings is 1. The largest absolute Gasteiger partial charge is 0.514 e. The van der Waals surface area contributed by atoms with E-state index in [0.29, 0.717) is 12.3 Å². The summed E-state index contributed by atoms with van der Waals surface area (Å²) < 4.78 is 14.0. The lowest BCUT2D eigenvalue weighted by Gasteiger charge is -2.19. The van der Waals surface area contributed by atoms with Crippen LogP contribution in [0.3, 0.4) is 0 Å². The van der Waals surface area contributed by atoms with Crippen LogP contribution in [0, 0.1) is 0 Å². The first kappa shape index (κ1) is 24.9. The van der Waals surface area contributed by atoms with Crippen molar-refractivity contribution in [2.24, 2.45) is 0 Å². The number of unbranched alkanes of at least 4 members (excludes halogenated alkanes) is 1. The molecule has 2 heterocycles. The molecular weight excluding hydrogens is 506 g/mol. The topological polar surface area (TPSA) is 66.2 Å². The number of aryl methyl sites for hydroxylation is 1. The standard InChI is InChI=1S/C28H30BrN3O3/c1-5-6-11-25-31-23-16-21(29)17-30-26(23)32(25)18-19-12-14-20(15-13-19)22-9-7-8-10-24(22)34-27(33)35-28(2,3)4/h7-10,12-17H,5-6,11,18H2,1-4H3. The quantitative estimate of drug-likeness (QED) is 0.180. The van der Waals surface area contributed by atoms with Crippen LogP contribution in [0.15, 0.2) is 65.3 Å². The average Bonchev–Trinajstić information content (AvgIpc) is 3.13. The lowest BCUT2D eigenvalue weighted by atomic mass is 10.0. The molecule has 0 aliphatic heterocycles. The summed E-state index contributed by atoms with van der Waals surface area (Å²) in [5.41, 5.74) is 4.09. The number of hydrogen-bond donors (Lipinski definition) is 0. The zero-order valence-corrected chi connectivity index (χ0v) is 22.1. The van der Waals surface area contributed by atoms with Gasteiger partial charge in [-0.3, -0.25) is 0 Å². The molecule has 0 aliphatic rings. The Balaban J connectivity index is 1.58. The molecule has 0 radical (unpaired) electrons. The number of ether oxygens (including phenoxy) is 2. The van der Waals surface area contributed by atoms with Crippen LogP contribution in [0.1, 0.15) is 51.9 Å². The maximum Gasteiger partial charge on any atom is 0.514 e. The fourth-order valence-corrected chi connectivity index (χ4v) is 4.17. The van der Waals surface area contributed by atoms with Crippen LogP contribution in [0.4, 0.5) is 4.79 Å². The van der Waals surface area contributed by atoms with Crippen LogP contribution in [-0.4, -0.2) is 26.3 Å². The lowest BCUT2D eigenvalue weighted by Crippen LogP contribution is -2.26. The van der Waals surface area contributed by atoms with E-state index in [2.05, 4.69) is 44.5 Å². The van der Waals surface area contributed by atoms with Crippen LogP contribution < -0.4 is 4.74 Å². The van der Waals surface area contributed by atoms with Crippen LogP contribution in [0.25, 0.3) is 22.3 Å². The molecule has 4 rings (SSSR count). The van der Waals surface area contributed by atoms with E-state index < -0.39 is 11.8 Å². The molecule has 0 N–H and O–H groups in total. The minimum Gasteiger partial charge on any atom is -0.428 e. The van der Waals surface area contributed by atoms with Crippen molar-refractivity contribution in [1.82, 2.24) is 14.5 Å². The van der Waals surface area contributed by atoms with Gasteiger partial charge in [-0.15, -0.1) is 0 Å². The molecule has 0 aliphatic carbocycles. The highest BCUT2D eigenvalue weighted by Crippen LogP contribution is 2.31. The van der Waals surface area contributed by atoms with Crippen molar-refractivity contribution in [3.8, 4) is 16.9 Å². The summed E-state index contributed by atoms with van der Waals surface area (Å²) in [5, 5.41) is 0. The van der Waals surface area contributed by atoms with Crippen molar-refractivity contribution in [1.29, 1.82) is 0 Å². The Morgan fingerprint density at radius 1 is 1.09 bits per heavy atom. The summed E-state index contributed by atoms with van der Waals surface area (Å²) in [4.78, 5) is 21.7. The van der Waals surface area contributed by atoms with Gasteiger partial charge in [0.1, 0.15) is 22.7 Å². The molecule has 4 aromatic rings. The SMILES string of the molecule is CCCCc1nc2cc(Br)cnc2n1Cc1ccc(-c2ccccc2OC(=O)OC(C)(C)C)cc1. The van der Waals surface area contributed by atoms with E-state index in [1.54, 1.807) is 6.07 Å². The zero-order valence-electron chi connectivity index (χ0n) is 20.5. The number of benzene rings is 2. The number of hydrogen-bond acceptors (Lipinski definition) is 5. The summed E-state index contributed by atoms with van der Waals surface area (Å²) in [5.74, 6) is 1.51. The molecule has 0 unspecified atom stereocenters. The highest BCUT2D eigenvalue weighted by molar-refractivity contribution is 9.10. The fraction of sp³-hybridized carbons (Fsp3) is 0.321. The van der Waals surface area contributed by atoms with E-state index in [1.807, 2.05) is 63.4 Å². The van der Waals surface area contributed by atoms with Crippen LogP contribution in [-0.2, 0) is 17.7 Å². The number of nitrogens with zero attached hydrogens (tertiary/aromatic N) is 3. The number of carbonyl (C=O) groups is 1. The van der Waals surface area contributed by atoms with Gasteiger partial charge in [0.15, 0.2) is 5.65 Å². The number of para-hydroxylation sites is 1. The van der Waals surface area contributed by atoms with E-state index in [4.69, 9.17) is 14.5 Å². The summed E-state index contributed by atoms with van der Waals surface area (Å²) >= 11 is 3.50. The van der Waals surface area contributed by atoms with Gasteiger partial charge in [0.2, 0.25) is 0 Å². The normalized spacial score (nSPS) is 11.6. The number of rotatable bonds is 7. The zero-order chi connectivity index (χ0) is 25.0. The molecule has 6 nitrogen and oxygen atoms in total. The molecule has 0 amide bonds. The predicted molar refractivity (Wildman–Crippen MR) is 142 cm³/mol. The molecule has 2 aromatic heterocycles. The molecule has 2 aromatic carbocycles. The van der Waals surface area contributed by atoms with E-state index >= 15 is 0 Å². The van der Waals surface area contributed by atoms with Crippen molar-refractivity contribution in [3.63, 3.8) is 0 Å². The van der Waals surface area contributed by atoms with E-state index in [1.165, 1.54) is 0 Å². The minimum atomic E-state index is -0.715. The van der Waals surface area contributed by atoms with Crippen LogP contribution in [0.2, 0.25) is 0 Å². The fourth-order valence-electron chi connectivity index (χ4n) is 3.85. The van der Waals surface area contributed by atoms with Crippen molar-refractivity contribution in [3.05, 3.63) is 76.7 Å². The van der Waals surface area contributed by atoms with E-state index in [0.717, 1.165) is 57.4 Å². The highest BCUT2D eigenvalue weighted by atomic mass is 79.9. The monoisotopic (exact) mass is 535 g/mol. The molecule has 0 spiro atoms. The molecule has 182 valence electrons. The Hall–Kier alpha value is -3.19. The maximum atomic E-state index is 12.2. The second-order valence-corrected chi connectivity index (χ2v) is 10.4. The minimum absolute atomic E-state index is 0.465. The van der Waals surface area contributed by atoms with Gasteiger partial charge in [0.25, 0.3) is 0 Å². The van der Waals surface area contributed by atoms with Gasteiger partial charge in [0.05, 0.1) is 6.54 Å². The third-order valence-corrected chi connectivity index (χ3v) is 5.89. The van der Waals surface area contributed by atoms with Crippen molar-refractivity contribution in [2.75, 3.05) is 0 Å². The lowest BCUT2D eigenvalue weighted by molar-refractivity contribution is 0.0207. The van der Waals surface area contributed by atoms with Gasteiger partial charge < -0.3 is 14.0 Å². The molecule has 0 fully saturated rings. The molecule has 0 saturated heterocycles. The third kappa shape index (κ3) is 6.28. The Morgan fingerprint density at radius 2 is 1.83 bits per heavy atom. The number of fused-ring (bicyclic) bond motifs is 1. The summed E-state index contributed by atoms with van der Waals surface area (Å²) in [6, 6.07) is 17.7. The Kier molecular flexibility index (Phi) is 7.55. The highest BCUT2D eigenvalue weighted by Gasteiger charge is 2.19. The number of pyridine rings is 1.